The second kappa shape index (κ2) is 7.42. The lowest BCUT2D eigenvalue weighted by Crippen LogP contribution is -2.48. The van der Waals surface area contributed by atoms with Crippen LogP contribution in [0.1, 0.15) is 29.8 Å². The van der Waals surface area contributed by atoms with Gasteiger partial charge in [0.05, 0.1) is 4.90 Å². The highest BCUT2D eigenvalue weighted by molar-refractivity contribution is 7.89. The molecule has 2 rings (SSSR count). The van der Waals surface area contributed by atoms with Crippen molar-refractivity contribution in [1.82, 2.24) is 14.5 Å². The topological polar surface area (TPSA) is 69.7 Å². The smallest absolute Gasteiger partial charge is 0.254 e. The van der Waals surface area contributed by atoms with Crippen LogP contribution in [-0.2, 0) is 10.0 Å². The molecule has 0 radical (unpaired) electrons. The second-order valence-corrected chi connectivity index (χ2v) is 7.47. The number of nitrogens with zero attached hydrogens (tertiary/aromatic N) is 2. The number of hydrogen-bond donors (Lipinski definition) is 1. The first-order valence-electron chi connectivity index (χ1n) is 8.01. The van der Waals surface area contributed by atoms with Gasteiger partial charge in [-0.15, -0.1) is 0 Å². The van der Waals surface area contributed by atoms with Gasteiger partial charge in [-0.3, -0.25) is 4.79 Å². The summed E-state index contributed by atoms with van der Waals surface area (Å²) in [6.45, 7) is 10.0. The number of piperazine rings is 1. The molecule has 0 spiro atoms. The first-order chi connectivity index (χ1) is 10.9. The van der Waals surface area contributed by atoms with E-state index in [4.69, 9.17) is 0 Å². The van der Waals surface area contributed by atoms with Crippen LogP contribution in [-0.4, -0.2) is 63.4 Å². The van der Waals surface area contributed by atoms with Gasteiger partial charge in [0, 0.05) is 38.3 Å². The number of rotatable bonds is 5. The van der Waals surface area contributed by atoms with E-state index in [-0.39, 0.29) is 10.8 Å². The number of nitrogens with one attached hydrogen (secondary N) is 1. The van der Waals surface area contributed by atoms with E-state index in [1.54, 1.807) is 24.0 Å². The summed E-state index contributed by atoms with van der Waals surface area (Å²) in [5, 5.41) is 0. The van der Waals surface area contributed by atoms with Gasteiger partial charge in [-0.05, 0) is 31.2 Å². The van der Waals surface area contributed by atoms with Crippen molar-refractivity contribution in [3.05, 3.63) is 29.3 Å². The Morgan fingerprint density at radius 1 is 1.17 bits per heavy atom. The van der Waals surface area contributed by atoms with Gasteiger partial charge in [0.15, 0.2) is 0 Å². The summed E-state index contributed by atoms with van der Waals surface area (Å²) in [6, 6.07) is 4.72. The minimum absolute atomic E-state index is 0.0909. The van der Waals surface area contributed by atoms with Gasteiger partial charge >= 0.3 is 0 Å². The lowest BCUT2D eigenvalue weighted by molar-refractivity contribution is 0.0642. The van der Waals surface area contributed by atoms with Crippen LogP contribution in [0.15, 0.2) is 23.1 Å². The van der Waals surface area contributed by atoms with Crippen LogP contribution >= 0.6 is 0 Å². The number of sulfonamides is 1. The normalized spacial score (nSPS) is 16.6. The molecule has 7 heteroatoms. The zero-order valence-corrected chi connectivity index (χ0v) is 14.8. The molecule has 128 valence electrons. The van der Waals surface area contributed by atoms with Crippen LogP contribution < -0.4 is 4.72 Å². The minimum Gasteiger partial charge on any atom is -0.336 e. The molecule has 1 heterocycles. The molecule has 23 heavy (non-hydrogen) atoms. The maximum absolute atomic E-state index is 12.7. The molecule has 1 amide bonds. The third-order valence-corrected chi connectivity index (χ3v) is 5.73. The molecule has 0 atom stereocenters. The summed E-state index contributed by atoms with van der Waals surface area (Å²) in [4.78, 5) is 17.0. The maximum Gasteiger partial charge on any atom is 0.254 e. The van der Waals surface area contributed by atoms with Gasteiger partial charge in [0.2, 0.25) is 10.0 Å². The monoisotopic (exact) mass is 339 g/mol. The Labute approximate surface area is 138 Å². The highest BCUT2D eigenvalue weighted by atomic mass is 32.2. The van der Waals surface area contributed by atoms with Crippen molar-refractivity contribution >= 4 is 15.9 Å². The van der Waals surface area contributed by atoms with Gasteiger partial charge < -0.3 is 9.80 Å². The molecule has 1 saturated heterocycles. The molecular formula is C16H25N3O3S. The lowest BCUT2D eigenvalue weighted by Gasteiger charge is -2.34. The van der Waals surface area contributed by atoms with Crippen molar-refractivity contribution in [1.29, 1.82) is 0 Å². The van der Waals surface area contributed by atoms with Crippen molar-refractivity contribution in [2.24, 2.45) is 0 Å². The summed E-state index contributed by atoms with van der Waals surface area (Å²) in [5.74, 6) is -0.0909. The summed E-state index contributed by atoms with van der Waals surface area (Å²) >= 11 is 0. The Morgan fingerprint density at radius 3 is 2.39 bits per heavy atom. The number of amides is 1. The zero-order valence-electron chi connectivity index (χ0n) is 14.0. The molecule has 0 unspecified atom stereocenters. The highest BCUT2D eigenvalue weighted by Crippen LogP contribution is 2.18. The van der Waals surface area contributed by atoms with Crippen LogP contribution in [0.3, 0.4) is 0 Å². The molecule has 0 aromatic heterocycles. The van der Waals surface area contributed by atoms with Gasteiger partial charge in [-0.2, -0.15) is 0 Å². The Kier molecular flexibility index (Phi) is 5.78. The van der Waals surface area contributed by atoms with E-state index in [1.807, 2.05) is 6.92 Å². The van der Waals surface area contributed by atoms with Crippen LogP contribution in [0.5, 0.6) is 0 Å². The Hall–Kier alpha value is -1.44. The highest BCUT2D eigenvalue weighted by Gasteiger charge is 2.24. The standard InChI is InChI=1S/C16H25N3O3S/c1-4-17-23(21,22)14-7-6-13(3)15(12-14)16(20)19-10-8-18(5-2)9-11-19/h6-7,12,17H,4-5,8-11H2,1-3H3. The molecule has 1 N–H and O–H groups in total. The lowest BCUT2D eigenvalue weighted by atomic mass is 10.1. The van der Waals surface area contributed by atoms with E-state index in [1.165, 1.54) is 6.07 Å². The number of aryl methyl sites for hydroxylation is 1. The van der Waals surface area contributed by atoms with Crippen molar-refractivity contribution in [2.75, 3.05) is 39.3 Å². The molecule has 0 bridgehead atoms. The van der Waals surface area contributed by atoms with Gasteiger partial charge in [-0.1, -0.05) is 19.9 Å². The fourth-order valence-electron chi connectivity index (χ4n) is 2.71. The molecule has 0 aliphatic carbocycles. The van der Waals surface area contributed by atoms with Crippen LogP contribution in [0.2, 0.25) is 0 Å². The molecule has 1 fully saturated rings. The molecule has 1 aliphatic heterocycles. The third kappa shape index (κ3) is 4.10. The van der Waals surface area contributed by atoms with Crippen molar-refractivity contribution < 1.29 is 13.2 Å². The fourth-order valence-corrected chi connectivity index (χ4v) is 3.78. The van der Waals surface area contributed by atoms with Crippen LogP contribution in [0.4, 0.5) is 0 Å². The molecule has 1 aromatic carbocycles. The van der Waals surface area contributed by atoms with Gasteiger partial charge in [-0.25, -0.2) is 13.1 Å². The molecule has 6 nitrogen and oxygen atoms in total. The summed E-state index contributed by atoms with van der Waals surface area (Å²) in [7, 11) is -3.56. The van der Waals surface area contributed by atoms with Gasteiger partial charge in [0.1, 0.15) is 0 Å². The number of carbonyl (C=O) groups excluding carboxylic acids is 1. The van der Waals surface area contributed by atoms with E-state index >= 15 is 0 Å². The fraction of sp³-hybridized carbons (Fsp3) is 0.562. The van der Waals surface area contributed by atoms with E-state index in [0.29, 0.717) is 25.2 Å². The van der Waals surface area contributed by atoms with Crippen molar-refractivity contribution in [3.8, 4) is 0 Å². The predicted octanol–water partition coefficient (Wildman–Crippen LogP) is 1.07. The number of likely N-dealkylation sites (N-methyl/N-ethyl adjacent to an activating group) is 1. The van der Waals surface area contributed by atoms with Crippen molar-refractivity contribution in [3.63, 3.8) is 0 Å². The van der Waals surface area contributed by atoms with E-state index < -0.39 is 10.0 Å². The summed E-state index contributed by atoms with van der Waals surface area (Å²) < 4.78 is 26.7. The molecular weight excluding hydrogens is 314 g/mol. The second-order valence-electron chi connectivity index (χ2n) is 5.70. The summed E-state index contributed by atoms with van der Waals surface area (Å²) in [6.07, 6.45) is 0. The average molecular weight is 339 g/mol. The Morgan fingerprint density at radius 2 is 1.83 bits per heavy atom. The Balaban J connectivity index is 2.24. The first kappa shape index (κ1) is 17.9. The van der Waals surface area contributed by atoms with Crippen molar-refractivity contribution in [2.45, 2.75) is 25.7 Å². The van der Waals surface area contributed by atoms with Crippen LogP contribution in [0, 0.1) is 6.92 Å². The predicted molar refractivity (Wildman–Crippen MR) is 90.1 cm³/mol. The Bertz CT molecular complexity index is 665. The SMILES string of the molecule is CCNS(=O)(=O)c1ccc(C)c(C(=O)N2CCN(CC)CC2)c1. The molecule has 1 aliphatic rings. The van der Waals surface area contributed by atoms with E-state index in [9.17, 15) is 13.2 Å². The minimum atomic E-state index is -3.56. The zero-order chi connectivity index (χ0) is 17.0. The average Bonchev–Trinajstić information content (AvgIpc) is 2.54. The molecule has 0 saturated carbocycles. The largest absolute Gasteiger partial charge is 0.336 e. The number of benzene rings is 1. The first-order valence-corrected chi connectivity index (χ1v) is 9.49. The maximum atomic E-state index is 12.7. The van der Waals surface area contributed by atoms with Crippen LogP contribution in [0.25, 0.3) is 0 Å². The third-order valence-electron chi connectivity index (χ3n) is 4.19. The molecule has 1 aromatic rings. The quantitative estimate of drug-likeness (QED) is 0.871. The number of hydrogen-bond acceptors (Lipinski definition) is 4. The number of carbonyl (C=O) groups is 1. The van der Waals surface area contributed by atoms with E-state index in [0.717, 1.165) is 25.2 Å². The van der Waals surface area contributed by atoms with E-state index in [2.05, 4.69) is 16.5 Å². The van der Waals surface area contributed by atoms with Gasteiger partial charge in [0.25, 0.3) is 5.91 Å². The summed E-state index contributed by atoms with van der Waals surface area (Å²) in [5.41, 5.74) is 1.26.